The number of carbonyl (C=O) groups is 1. The molecule has 2 unspecified atom stereocenters. The van der Waals surface area contributed by atoms with E-state index in [-0.39, 0.29) is 31.1 Å². The molecule has 0 bridgehead atoms. The van der Waals surface area contributed by atoms with Crippen LogP contribution in [0.2, 0.25) is 0 Å². The highest BCUT2D eigenvalue weighted by atomic mass is 35.5. The minimum atomic E-state index is -0.511. The Hall–Kier alpha value is -3.15. The van der Waals surface area contributed by atoms with Gasteiger partial charge in [0, 0.05) is 27.2 Å². The number of fused-ring (bicyclic) bond motifs is 1. The van der Waals surface area contributed by atoms with E-state index in [9.17, 15) is 4.79 Å². The summed E-state index contributed by atoms with van der Waals surface area (Å²) in [6.45, 7) is 5.54. The fraction of sp³-hybridized carbons (Fsp3) is 0.206. The fourth-order valence-electron chi connectivity index (χ4n) is 5.84. The Morgan fingerprint density at radius 3 is 2.31 bits per heavy atom. The average molecular weight is 641 g/mol. The highest BCUT2D eigenvalue weighted by molar-refractivity contribution is 6.48. The van der Waals surface area contributed by atoms with E-state index in [0.717, 1.165) is 12.0 Å². The van der Waals surface area contributed by atoms with Crippen molar-refractivity contribution in [1.82, 2.24) is 5.32 Å². The summed E-state index contributed by atoms with van der Waals surface area (Å²) in [5, 5.41) is 3.40. The van der Waals surface area contributed by atoms with Gasteiger partial charge in [-0.25, -0.2) is 0 Å². The molecular weight excluding hydrogens is 608 g/mol. The van der Waals surface area contributed by atoms with E-state index in [2.05, 4.69) is 60.8 Å². The number of hydrogen-bond acceptors (Lipinski definition) is 3. The van der Waals surface area contributed by atoms with E-state index >= 15 is 0 Å². The number of allylic oxidation sites excluding steroid dienone is 10. The molecule has 0 saturated heterocycles. The lowest BCUT2D eigenvalue weighted by Crippen LogP contribution is -2.43. The Labute approximate surface area is 267 Å². The van der Waals surface area contributed by atoms with Crippen LogP contribution in [0, 0.1) is 5.41 Å². The first-order valence-corrected chi connectivity index (χ1v) is 15.0. The first kappa shape index (κ1) is 31.8. The topological polar surface area (TPSA) is 81.1 Å². The monoisotopic (exact) mass is 639 g/mol. The van der Waals surface area contributed by atoms with Crippen LogP contribution in [0.1, 0.15) is 50.3 Å². The second-order valence-electron chi connectivity index (χ2n) is 10.6. The lowest BCUT2D eigenvalue weighted by atomic mass is 9.55. The maximum Gasteiger partial charge on any atom is 0.258 e. The van der Waals surface area contributed by atoms with Crippen LogP contribution in [0.5, 0.6) is 0 Å². The van der Waals surface area contributed by atoms with Crippen LogP contribution in [0.3, 0.4) is 0 Å². The number of nitrogen functional groups attached to an aromatic ring is 1. The Morgan fingerprint density at radius 2 is 1.71 bits per heavy atom. The largest absolute Gasteiger partial charge is 0.405 e. The summed E-state index contributed by atoms with van der Waals surface area (Å²) in [6, 6.07) is 16.6. The van der Waals surface area contributed by atoms with Gasteiger partial charge in [-0.1, -0.05) is 114 Å². The van der Waals surface area contributed by atoms with Gasteiger partial charge in [0.15, 0.2) is 0 Å². The zero-order chi connectivity index (χ0) is 30.7. The van der Waals surface area contributed by atoms with Gasteiger partial charge >= 0.3 is 0 Å². The third-order valence-electron chi connectivity index (χ3n) is 8.04. The molecule has 0 saturated carbocycles. The number of carbonyl (C=O) groups excluding carboxylic acids is 1. The van der Waals surface area contributed by atoms with Crippen molar-refractivity contribution in [2.75, 3.05) is 5.73 Å². The average Bonchev–Trinajstić information content (AvgIpc) is 3.33. The molecule has 42 heavy (non-hydrogen) atoms. The van der Waals surface area contributed by atoms with E-state index in [1.54, 1.807) is 26.1 Å². The molecule has 2 aromatic rings. The normalized spacial score (nSPS) is 24.3. The van der Waals surface area contributed by atoms with E-state index in [4.69, 9.17) is 57.9 Å². The van der Waals surface area contributed by atoms with Crippen LogP contribution in [0.15, 0.2) is 123 Å². The van der Waals surface area contributed by atoms with E-state index in [1.807, 2.05) is 30.4 Å². The number of nitrogens with one attached hydrogen (secondary N) is 1. The summed E-state index contributed by atoms with van der Waals surface area (Å²) >= 11 is 25.2. The summed E-state index contributed by atoms with van der Waals surface area (Å²) in [6.07, 6.45) is 14.6. The smallest absolute Gasteiger partial charge is 0.258 e. The highest BCUT2D eigenvalue weighted by Gasteiger charge is 2.53. The number of nitrogens with two attached hydrogens (primary N) is 2. The van der Waals surface area contributed by atoms with Crippen LogP contribution in [-0.2, 0) is 10.2 Å². The molecule has 2 aromatic carbocycles. The molecule has 0 radical (unpaired) electrons. The van der Waals surface area contributed by atoms with Gasteiger partial charge in [-0.2, -0.15) is 0 Å². The van der Waals surface area contributed by atoms with Crippen molar-refractivity contribution >= 4 is 63.6 Å². The quantitative estimate of drug-likeness (QED) is 0.160. The van der Waals surface area contributed by atoms with Crippen molar-refractivity contribution in [3.63, 3.8) is 0 Å². The van der Waals surface area contributed by atoms with Crippen molar-refractivity contribution in [2.45, 2.75) is 39.0 Å². The van der Waals surface area contributed by atoms with Crippen molar-refractivity contribution in [1.29, 1.82) is 0 Å². The molecule has 0 heterocycles. The maximum atomic E-state index is 13.4. The second-order valence-corrected chi connectivity index (χ2v) is 12.3. The van der Waals surface area contributed by atoms with Crippen molar-refractivity contribution < 1.29 is 4.79 Å². The van der Waals surface area contributed by atoms with Crippen LogP contribution < -0.4 is 16.8 Å². The maximum absolute atomic E-state index is 13.4. The second kappa shape index (κ2) is 13.0. The number of hydrogen-bond donors (Lipinski definition) is 3. The molecule has 0 spiro atoms. The first-order valence-electron chi connectivity index (χ1n) is 13.5. The Kier molecular flexibility index (Phi) is 9.84. The number of amides is 1. The number of benzene rings is 2. The summed E-state index contributed by atoms with van der Waals surface area (Å²) in [5.41, 5.74) is 17.1. The molecule has 218 valence electrons. The van der Waals surface area contributed by atoms with Crippen LogP contribution in [0.25, 0.3) is 5.57 Å². The van der Waals surface area contributed by atoms with Crippen LogP contribution in [0.4, 0.5) is 5.69 Å². The summed E-state index contributed by atoms with van der Waals surface area (Å²) in [5.74, 6) is -0.511. The van der Waals surface area contributed by atoms with E-state index in [0.29, 0.717) is 17.8 Å². The molecular formula is C34H33Cl4N3O. The molecule has 2 aliphatic carbocycles. The molecule has 0 aliphatic heterocycles. The van der Waals surface area contributed by atoms with Gasteiger partial charge in [0.05, 0.1) is 20.7 Å². The highest BCUT2D eigenvalue weighted by Crippen LogP contribution is 2.61. The molecule has 0 aromatic heterocycles. The number of anilines is 1. The molecule has 2 atom stereocenters. The molecule has 8 heteroatoms. The molecule has 5 N–H and O–H groups in total. The third-order valence-corrected chi connectivity index (χ3v) is 9.70. The number of halogens is 4. The predicted octanol–water partition coefficient (Wildman–Crippen LogP) is 9.13. The van der Waals surface area contributed by atoms with Gasteiger partial charge in [0.1, 0.15) is 0 Å². The van der Waals surface area contributed by atoms with Gasteiger partial charge in [0.2, 0.25) is 0 Å². The zero-order valence-electron chi connectivity index (χ0n) is 23.6. The van der Waals surface area contributed by atoms with Crippen LogP contribution >= 0.6 is 46.4 Å². The van der Waals surface area contributed by atoms with Gasteiger partial charge in [-0.15, -0.1) is 0 Å². The van der Waals surface area contributed by atoms with Crippen molar-refractivity contribution in [2.24, 2.45) is 11.1 Å². The third kappa shape index (κ3) is 5.87. The lowest BCUT2D eigenvalue weighted by molar-refractivity contribution is -0.116. The van der Waals surface area contributed by atoms with Gasteiger partial charge < -0.3 is 16.8 Å². The Balaban J connectivity index is 1.77. The fourth-order valence-corrected chi connectivity index (χ4v) is 6.55. The predicted molar refractivity (Wildman–Crippen MR) is 179 cm³/mol. The molecule has 2 aliphatic rings. The lowest BCUT2D eigenvalue weighted by Gasteiger charge is -2.47. The zero-order valence-corrected chi connectivity index (χ0v) is 26.7. The van der Waals surface area contributed by atoms with Gasteiger partial charge in [0.25, 0.3) is 5.91 Å². The summed E-state index contributed by atoms with van der Waals surface area (Å²) < 4.78 is 0. The molecule has 4 nitrogen and oxygen atoms in total. The number of rotatable bonds is 7. The first-order chi connectivity index (χ1) is 20.0. The van der Waals surface area contributed by atoms with E-state index in [1.165, 1.54) is 16.7 Å². The minimum absolute atomic E-state index is 0.00220. The summed E-state index contributed by atoms with van der Waals surface area (Å²) in [7, 11) is 0. The van der Waals surface area contributed by atoms with E-state index < -0.39 is 11.3 Å². The SMILES string of the molecule is C/C=C(Cl)/C(Cl)=C(C(=O)NC1=CCC(C)(C2(c3ccc(N)cc3)C/C(=C\C=C/N)c3ccccc32)C=C1)\C(Cl)=C(/C)Cl. The standard InChI is InChI=1S/C34H33Cl4N3O/c1-4-28(36)31(38)29(30(37)21(2)35)32(42)41-25-15-17-33(3,18-16-25)34(23-11-13-24(40)14-12-23)20-22(8-7-19-39)26-9-5-6-10-27(26)34/h4-17,19H,18,20,39-40H2,1-3H3,(H,41,42)/b19-7-,22-8+,28-4-,30-21-,31-29-. The molecule has 0 fully saturated rings. The van der Waals surface area contributed by atoms with Gasteiger partial charge in [-0.3, -0.25) is 4.79 Å². The Morgan fingerprint density at radius 1 is 1.02 bits per heavy atom. The Bertz CT molecular complexity index is 1610. The molecule has 1 amide bonds. The van der Waals surface area contributed by atoms with Gasteiger partial charge in [-0.05, 0) is 79.4 Å². The summed E-state index contributed by atoms with van der Waals surface area (Å²) in [4.78, 5) is 13.4. The van der Waals surface area contributed by atoms with Crippen LogP contribution in [-0.4, -0.2) is 5.91 Å². The van der Waals surface area contributed by atoms with Crippen molar-refractivity contribution in [3.05, 3.63) is 139 Å². The molecule has 4 rings (SSSR count). The van der Waals surface area contributed by atoms with Crippen molar-refractivity contribution in [3.8, 4) is 0 Å². The minimum Gasteiger partial charge on any atom is -0.405 e.